The molecule has 140 valence electrons. The number of nitrogens with zero attached hydrogens (tertiary/aromatic N) is 3. The topological polar surface area (TPSA) is 59.8 Å². The van der Waals surface area contributed by atoms with E-state index in [4.69, 9.17) is 11.6 Å². The Labute approximate surface area is 171 Å². The first-order valence-electron chi connectivity index (χ1n) is 8.71. The van der Waals surface area contributed by atoms with Crippen molar-refractivity contribution < 1.29 is 4.79 Å². The molecule has 0 aliphatic heterocycles. The number of aryl methyl sites for hydroxylation is 1. The first-order chi connectivity index (χ1) is 13.6. The van der Waals surface area contributed by atoms with Crippen molar-refractivity contribution in [1.29, 1.82) is 0 Å². The normalized spacial score (nSPS) is 10.8. The highest BCUT2D eigenvalue weighted by Gasteiger charge is 2.16. The van der Waals surface area contributed by atoms with Crippen LogP contribution in [0.4, 0.5) is 0 Å². The lowest BCUT2D eigenvalue weighted by Gasteiger charge is -2.10. The maximum absolute atomic E-state index is 12.8. The number of carbonyl (C=O) groups excluding carboxylic acids is 1. The van der Waals surface area contributed by atoms with E-state index in [0.29, 0.717) is 22.1 Å². The Morgan fingerprint density at radius 3 is 2.68 bits per heavy atom. The number of nitrogens with one attached hydrogen (secondary N) is 1. The number of rotatable bonds is 5. The summed E-state index contributed by atoms with van der Waals surface area (Å²) in [5.74, 6) is -0.134. The molecule has 5 nitrogen and oxygen atoms in total. The van der Waals surface area contributed by atoms with Gasteiger partial charge in [-0.05, 0) is 36.8 Å². The molecule has 2 aromatic heterocycles. The van der Waals surface area contributed by atoms with Crippen LogP contribution in [0.3, 0.4) is 0 Å². The van der Waals surface area contributed by atoms with Crippen LogP contribution in [0, 0.1) is 6.92 Å². The number of aromatic nitrogens is 3. The van der Waals surface area contributed by atoms with E-state index < -0.39 is 0 Å². The minimum absolute atomic E-state index is 0.134. The Hall–Kier alpha value is -2.96. The number of halogens is 1. The van der Waals surface area contributed by atoms with Crippen LogP contribution in [-0.2, 0) is 6.54 Å². The zero-order valence-corrected chi connectivity index (χ0v) is 16.7. The molecule has 0 atom stereocenters. The monoisotopic (exact) mass is 408 g/mol. The van der Waals surface area contributed by atoms with Crippen molar-refractivity contribution in [3.05, 3.63) is 88.1 Å². The Morgan fingerprint density at radius 1 is 1.14 bits per heavy atom. The molecule has 4 rings (SSSR count). The largest absolute Gasteiger partial charge is 0.347 e. The maximum Gasteiger partial charge on any atom is 0.263 e. The predicted molar refractivity (Wildman–Crippen MR) is 112 cm³/mol. The SMILES string of the molecule is Cc1nc(-c2ccc(Cl)cc2)sc1C(=O)NCc1ccccc1-n1cccn1. The minimum Gasteiger partial charge on any atom is -0.347 e. The molecule has 2 aromatic carbocycles. The number of hydrogen-bond donors (Lipinski definition) is 1. The number of carbonyl (C=O) groups is 1. The fourth-order valence-electron chi connectivity index (χ4n) is 2.87. The molecule has 0 fully saturated rings. The first kappa shape index (κ1) is 18.4. The summed E-state index contributed by atoms with van der Waals surface area (Å²) in [7, 11) is 0. The van der Waals surface area contributed by atoms with Gasteiger partial charge in [0.05, 0.1) is 11.4 Å². The lowest BCUT2D eigenvalue weighted by atomic mass is 10.1. The highest BCUT2D eigenvalue weighted by atomic mass is 35.5. The van der Waals surface area contributed by atoms with E-state index >= 15 is 0 Å². The molecule has 2 heterocycles. The summed E-state index contributed by atoms with van der Waals surface area (Å²) in [6, 6.07) is 17.2. The van der Waals surface area contributed by atoms with Gasteiger partial charge < -0.3 is 5.32 Å². The van der Waals surface area contributed by atoms with Gasteiger partial charge in [0.2, 0.25) is 0 Å². The van der Waals surface area contributed by atoms with Crippen LogP contribution < -0.4 is 5.32 Å². The first-order valence-corrected chi connectivity index (χ1v) is 9.91. The van der Waals surface area contributed by atoms with E-state index in [-0.39, 0.29) is 5.91 Å². The van der Waals surface area contributed by atoms with Gasteiger partial charge in [-0.1, -0.05) is 41.9 Å². The van der Waals surface area contributed by atoms with Crippen LogP contribution in [0.25, 0.3) is 16.3 Å². The van der Waals surface area contributed by atoms with Crippen LogP contribution in [0.2, 0.25) is 5.02 Å². The summed E-state index contributed by atoms with van der Waals surface area (Å²) < 4.78 is 1.79. The standard InChI is InChI=1S/C21H17ClN4OS/c1-14-19(28-21(25-14)15-7-9-17(22)10-8-15)20(27)23-13-16-5-2-3-6-18(16)26-12-4-11-24-26/h2-12H,13H2,1H3,(H,23,27). The van der Waals surface area contributed by atoms with Crippen molar-refractivity contribution in [2.75, 3.05) is 0 Å². The molecule has 28 heavy (non-hydrogen) atoms. The van der Waals surface area contributed by atoms with Gasteiger partial charge in [0.1, 0.15) is 9.88 Å². The molecule has 0 unspecified atom stereocenters. The lowest BCUT2D eigenvalue weighted by molar-refractivity contribution is 0.0954. The van der Waals surface area contributed by atoms with E-state index in [1.165, 1.54) is 11.3 Å². The molecule has 1 amide bonds. The van der Waals surface area contributed by atoms with Crippen LogP contribution in [0.15, 0.2) is 67.0 Å². The van der Waals surface area contributed by atoms with E-state index in [9.17, 15) is 4.79 Å². The molecule has 0 saturated carbocycles. The zero-order chi connectivity index (χ0) is 19.5. The Morgan fingerprint density at radius 2 is 1.93 bits per heavy atom. The molecule has 0 saturated heterocycles. The number of amides is 1. The quantitative estimate of drug-likeness (QED) is 0.511. The third kappa shape index (κ3) is 3.83. The fraction of sp³-hybridized carbons (Fsp3) is 0.0952. The van der Waals surface area contributed by atoms with Crippen molar-refractivity contribution in [1.82, 2.24) is 20.1 Å². The summed E-state index contributed by atoms with van der Waals surface area (Å²) >= 11 is 7.33. The minimum atomic E-state index is -0.134. The molecule has 0 aliphatic rings. The second kappa shape index (κ2) is 7.96. The van der Waals surface area contributed by atoms with Gasteiger partial charge in [0, 0.05) is 29.5 Å². The van der Waals surface area contributed by atoms with Crippen molar-refractivity contribution in [2.24, 2.45) is 0 Å². The molecule has 0 radical (unpaired) electrons. The van der Waals surface area contributed by atoms with Crippen molar-refractivity contribution in [3.8, 4) is 16.3 Å². The van der Waals surface area contributed by atoms with Crippen LogP contribution in [-0.4, -0.2) is 20.7 Å². The summed E-state index contributed by atoms with van der Waals surface area (Å²) in [5.41, 5.74) is 3.59. The van der Waals surface area contributed by atoms with Crippen molar-refractivity contribution in [2.45, 2.75) is 13.5 Å². The maximum atomic E-state index is 12.8. The Bertz CT molecular complexity index is 1100. The summed E-state index contributed by atoms with van der Waals surface area (Å²) in [5, 5.41) is 8.75. The molecular formula is C21H17ClN4OS. The predicted octanol–water partition coefficient (Wildman–Crippen LogP) is 4.89. The van der Waals surface area contributed by atoms with Crippen LogP contribution in [0.1, 0.15) is 20.9 Å². The van der Waals surface area contributed by atoms with E-state index in [0.717, 1.165) is 21.8 Å². The van der Waals surface area contributed by atoms with Gasteiger partial charge >= 0.3 is 0 Å². The van der Waals surface area contributed by atoms with Gasteiger partial charge in [-0.3, -0.25) is 4.79 Å². The van der Waals surface area contributed by atoms with E-state index in [1.54, 1.807) is 10.9 Å². The molecule has 0 bridgehead atoms. The fourth-order valence-corrected chi connectivity index (χ4v) is 3.99. The number of para-hydroxylation sites is 1. The second-order valence-electron chi connectivity index (χ2n) is 6.20. The number of benzene rings is 2. The molecule has 0 spiro atoms. The number of thiazole rings is 1. The van der Waals surface area contributed by atoms with Gasteiger partial charge in [-0.25, -0.2) is 9.67 Å². The van der Waals surface area contributed by atoms with Crippen LogP contribution in [0.5, 0.6) is 0 Å². The van der Waals surface area contributed by atoms with Gasteiger partial charge in [0.15, 0.2) is 0 Å². The molecule has 7 heteroatoms. The van der Waals surface area contributed by atoms with Crippen LogP contribution >= 0.6 is 22.9 Å². The lowest BCUT2D eigenvalue weighted by Crippen LogP contribution is -2.23. The molecular weight excluding hydrogens is 392 g/mol. The summed E-state index contributed by atoms with van der Waals surface area (Å²) in [6.07, 6.45) is 3.61. The molecule has 1 N–H and O–H groups in total. The average molecular weight is 409 g/mol. The highest BCUT2D eigenvalue weighted by molar-refractivity contribution is 7.17. The Balaban J connectivity index is 1.52. The number of hydrogen-bond acceptors (Lipinski definition) is 4. The molecule has 0 aliphatic carbocycles. The smallest absolute Gasteiger partial charge is 0.263 e. The highest BCUT2D eigenvalue weighted by Crippen LogP contribution is 2.29. The van der Waals surface area contributed by atoms with E-state index in [1.807, 2.05) is 67.7 Å². The van der Waals surface area contributed by atoms with E-state index in [2.05, 4.69) is 15.4 Å². The molecule has 4 aromatic rings. The third-order valence-corrected chi connectivity index (χ3v) is 5.73. The summed E-state index contributed by atoms with van der Waals surface area (Å²) in [6.45, 7) is 2.25. The third-order valence-electron chi connectivity index (χ3n) is 4.28. The zero-order valence-electron chi connectivity index (χ0n) is 15.1. The van der Waals surface area contributed by atoms with Crippen molar-refractivity contribution >= 4 is 28.8 Å². The summed E-state index contributed by atoms with van der Waals surface area (Å²) in [4.78, 5) is 17.9. The van der Waals surface area contributed by atoms with Gasteiger partial charge in [-0.15, -0.1) is 11.3 Å². The van der Waals surface area contributed by atoms with Gasteiger partial charge in [-0.2, -0.15) is 5.10 Å². The average Bonchev–Trinajstić information content (AvgIpc) is 3.37. The second-order valence-corrected chi connectivity index (χ2v) is 7.64. The van der Waals surface area contributed by atoms with Gasteiger partial charge in [0.25, 0.3) is 5.91 Å². The Kier molecular flexibility index (Phi) is 5.23. The van der Waals surface area contributed by atoms with Crippen molar-refractivity contribution in [3.63, 3.8) is 0 Å².